The van der Waals surface area contributed by atoms with Gasteiger partial charge >= 0.3 is 18.4 Å². The van der Waals surface area contributed by atoms with Gasteiger partial charge in [-0.05, 0) is 70.3 Å². The van der Waals surface area contributed by atoms with E-state index in [1.165, 1.54) is 11.8 Å². The molecule has 5 heterocycles. The van der Waals surface area contributed by atoms with Crippen molar-refractivity contribution in [3.63, 3.8) is 0 Å². The largest absolute Gasteiger partial charge is 0.461 e. The molecule has 1 unspecified atom stereocenters. The van der Waals surface area contributed by atoms with Gasteiger partial charge in [0.2, 0.25) is 0 Å². The number of piperazine rings is 1. The maximum absolute atomic E-state index is 16.7. The Balaban J connectivity index is 0.00000239. The number of benzene rings is 1. The number of hydrogen-bond donors (Lipinski definition) is 2. The summed E-state index contributed by atoms with van der Waals surface area (Å²) < 4.78 is 136. The van der Waals surface area contributed by atoms with Crippen LogP contribution in [0.25, 0.3) is 22.2 Å². The maximum Gasteiger partial charge on any atom is 0.418 e. The Bertz CT molecular complexity index is 1770. The first kappa shape index (κ1) is 37.4. The zero-order valence-electron chi connectivity index (χ0n) is 27.9. The van der Waals surface area contributed by atoms with Gasteiger partial charge in [0.05, 0.1) is 33.5 Å². The van der Waals surface area contributed by atoms with E-state index >= 15 is 4.39 Å². The van der Waals surface area contributed by atoms with Crippen LogP contribution in [-0.4, -0.2) is 70.3 Å². The highest BCUT2D eigenvalue weighted by Gasteiger charge is 2.46. The number of ether oxygens (including phenoxy) is 1. The second-order valence-electron chi connectivity index (χ2n) is 12.8. The predicted molar refractivity (Wildman–Crippen MR) is 170 cm³/mol. The normalized spacial score (nSPS) is 20.8. The Labute approximate surface area is 282 Å². The summed E-state index contributed by atoms with van der Waals surface area (Å²) in [4.78, 5) is 15.7. The average molecular weight is 720 g/mol. The van der Waals surface area contributed by atoms with E-state index in [1.807, 2.05) is 13.8 Å². The molecule has 6 rings (SSSR count). The van der Waals surface area contributed by atoms with E-state index in [-0.39, 0.29) is 37.6 Å². The van der Waals surface area contributed by atoms with Gasteiger partial charge in [0.15, 0.2) is 5.82 Å². The number of nitrogen functional groups attached to an aromatic ring is 1. The van der Waals surface area contributed by atoms with Crippen molar-refractivity contribution in [3.05, 3.63) is 46.8 Å². The van der Waals surface area contributed by atoms with Crippen LogP contribution in [0.15, 0.2) is 24.3 Å². The molecule has 0 saturated carbocycles. The minimum Gasteiger partial charge on any atom is -0.461 e. The van der Waals surface area contributed by atoms with Crippen molar-refractivity contribution in [2.75, 3.05) is 50.0 Å². The summed E-state index contributed by atoms with van der Waals surface area (Å²) >= 11 is 0. The van der Waals surface area contributed by atoms with E-state index in [2.05, 4.69) is 25.2 Å². The van der Waals surface area contributed by atoms with E-state index in [0.717, 1.165) is 51.8 Å². The topological polar surface area (TPSA) is 92.4 Å². The summed E-state index contributed by atoms with van der Waals surface area (Å²) in [5.41, 5.74) is -3.55. The summed E-state index contributed by atoms with van der Waals surface area (Å²) in [7, 11) is 0. The molecule has 3 aliphatic rings. The number of halogens is 9. The van der Waals surface area contributed by atoms with E-state index in [1.54, 1.807) is 0 Å². The number of rotatable bonds is 6. The Hall–Kier alpha value is -3.86. The predicted octanol–water partition coefficient (Wildman–Crippen LogP) is 7.74. The highest BCUT2D eigenvalue weighted by molar-refractivity contribution is 5.95. The van der Waals surface area contributed by atoms with E-state index in [0.29, 0.717) is 12.1 Å². The van der Waals surface area contributed by atoms with Crippen molar-refractivity contribution in [2.45, 2.75) is 76.8 Å². The van der Waals surface area contributed by atoms with Crippen LogP contribution in [0.5, 0.6) is 6.01 Å². The number of alkyl halides is 6. The molecule has 3 saturated heterocycles. The highest BCUT2D eigenvalue weighted by Crippen LogP contribution is 2.47. The molecule has 3 N–H and O–H groups in total. The molecule has 3 aromatic rings. The van der Waals surface area contributed by atoms with Gasteiger partial charge in [0.1, 0.15) is 23.8 Å². The molecular weight excluding hydrogens is 681 g/mol. The number of aryl methyl sites for hydroxylation is 1. The third-order valence-electron chi connectivity index (χ3n) is 9.39. The summed E-state index contributed by atoms with van der Waals surface area (Å²) in [5, 5.41) is 2.43. The Kier molecular flexibility index (Phi) is 10.2. The molecule has 0 radical (unpaired) electrons. The highest BCUT2D eigenvalue weighted by atomic mass is 19.4. The molecule has 3 aliphatic heterocycles. The molecule has 50 heavy (non-hydrogen) atoms. The van der Waals surface area contributed by atoms with Crippen molar-refractivity contribution >= 4 is 22.5 Å². The molecule has 274 valence electrons. The molecule has 0 bridgehead atoms. The molecular formula is C33H38F9N7O. The number of pyridine rings is 1. The van der Waals surface area contributed by atoms with Crippen LogP contribution in [-0.2, 0) is 12.4 Å². The van der Waals surface area contributed by atoms with Crippen LogP contribution in [0.1, 0.15) is 63.1 Å². The number of fused-ring (bicyclic) bond motifs is 2. The third kappa shape index (κ3) is 7.16. The summed E-state index contributed by atoms with van der Waals surface area (Å²) in [6.07, 6.45) is -8.52. The lowest BCUT2D eigenvalue weighted by atomic mass is 9.94. The van der Waals surface area contributed by atoms with Gasteiger partial charge in [-0.15, -0.1) is 0 Å². The van der Waals surface area contributed by atoms with E-state index in [9.17, 15) is 35.1 Å². The molecule has 2 aromatic heterocycles. The standard InChI is InChI=1S/C31H32F9N7O.C2H6/c1-16-11-20(41)43-25(22(16)31(38,39)40)21-18(30(35,36)37)12-17-24(23(21)34)44-27(48-15-29-5-3-8-47(29)9-4-6-29)45-26(17)46-10-7-42-28(2,14-46)13-19(32)33;1-2/h11-13,42H,3-10,14-15H2,1-2H3,(H2,41,43);1-2H3. The average Bonchev–Trinajstić information content (AvgIpc) is 3.59. The zero-order valence-corrected chi connectivity index (χ0v) is 27.9. The summed E-state index contributed by atoms with van der Waals surface area (Å²) in [5.74, 6) is -2.56. The van der Waals surface area contributed by atoms with Crippen molar-refractivity contribution in [1.82, 2.24) is 25.2 Å². The second-order valence-corrected chi connectivity index (χ2v) is 12.8. The van der Waals surface area contributed by atoms with E-state index < -0.39 is 80.5 Å². The Morgan fingerprint density at radius 3 is 2.26 bits per heavy atom. The smallest absolute Gasteiger partial charge is 0.418 e. The first-order chi connectivity index (χ1) is 23.4. The number of anilines is 2. The van der Waals surface area contributed by atoms with Gasteiger partial charge in [-0.1, -0.05) is 13.8 Å². The fourth-order valence-electron chi connectivity index (χ4n) is 7.37. The monoisotopic (exact) mass is 719 g/mol. The van der Waals surface area contributed by atoms with Gasteiger partial charge < -0.3 is 20.7 Å². The number of aromatic nitrogens is 3. The maximum atomic E-state index is 16.7. The minimum atomic E-state index is -5.38. The van der Waals surface area contributed by atoms with Crippen LogP contribution in [0.2, 0.25) is 0 Å². The van der Waals surface area contributed by atoms with Crippen LogP contribution in [0.4, 0.5) is 51.1 Å². The van der Waals surface area contributed by atoms with Crippen molar-refractivity contribution < 1.29 is 44.3 Å². The summed E-state index contributed by atoms with van der Waals surface area (Å²) in [6, 6.07) is 0.873. The van der Waals surface area contributed by atoms with Gasteiger partial charge in [0.25, 0.3) is 6.08 Å². The molecule has 0 aliphatic carbocycles. The van der Waals surface area contributed by atoms with Gasteiger partial charge in [-0.2, -0.15) is 45.1 Å². The number of nitrogens with two attached hydrogens (primary N) is 1. The Morgan fingerprint density at radius 1 is 1.00 bits per heavy atom. The number of hydrogen-bond acceptors (Lipinski definition) is 8. The SMILES string of the molecule is CC.Cc1cc(N)nc(-c2c(C(F)(F)F)cc3c(N4CCNC(C)(C=C(F)F)C4)nc(OCC45CCCN4CCC5)nc3c2F)c1C(F)(F)F. The molecule has 1 atom stereocenters. The van der Waals surface area contributed by atoms with Crippen LogP contribution >= 0.6 is 0 Å². The third-order valence-corrected chi connectivity index (χ3v) is 9.39. The Morgan fingerprint density at radius 2 is 1.66 bits per heavy atom. The van der Waals surface area contributed by atoms with E-state index in [4.69, 9.17) is 10.5 Å². The first-order valence-corrected chi connectivity index (χ1v) is 16.3. The number of nitrogens with zero attached hydrogens (tertiary/aromatic N) is 5. The van der Waals surface area contributed by atoms with Crippen molar-refractivity contribution in [1.29, 1.82) is 0 Å². The van der Waals surface area contributed by atoms with Crippen molar-refractivity contribution in [3.8, 4) is 17.3 Å². The quantitative estimate of drug-likeness (QED) is 0.250. The lowest BCUT2D eigenvalue weighted by Gasteiger charge is -2.40. The lowest BCUT2D eigenvalue weighted by Crippen LogP contribution is -2.58. The fraction of sp³-hybridized carbons (Fsp3) is 0.545. The zero-order chi connectivity index (χ0) is 36.8. The van der Waals surface area contributed by atoms with Crippen LogP contribution < -0.4 is 20.7 Å². The molecule has 17 heteroatoms. The van der Waals surface area contributed by atoms with Gasteiger partial charge in [-0.3, -0.25) is 4.90 Å². The fourth-order valence-corrected chi connectivity index (χ4v) is 7.37. The second kappa shape index (κ2) is 13.7. The van der Waals surface area contributed by atoms with Crippen molar-refractivity contribution in [2.24, 2.45) is 0 Å². The lowest BCUT2D eigenvalue weighted by molar-refractivity contribution is -0.139. The molecule has 1 aromatic carbocycles. The molecule has 0 spiro atoms. The van der Waals surface area contributed by atoms with Crippen LogP contribution in [0, 0.1) is 12.7 Å². The first-order valence-electron chi connectivity index (χ1n) is 16.3. The van der Waals surface area contributed by atoms with Gasteiger partial charge in [-0.25, -0.2) is 9.37 Å². The summed E-state index contributed by atoms with van der Waals surface area (Å²) in [6.45, 7) is 8.11. The molecule has 3 fully saturated rings. The van der Waals surface area contributed by atoms with Crippen LogP contribution in [0.3, 0.4) is 0 Å². The minimum absolute atomic E-state index is 0.0551. The number of nitrogens with one attached hydrogen (secondary N) is 1. The molecule has 0 amide bonds. The van der Waals surface area contributed by atoms with Gasteiger partial charge in [0, 0.05) is 31.1 Å². The molecule has 8 nitrogen and oxygen atoms in total.